The molecule has 2 aromatic rings. The zero-order chi connectivity index (χ0) is 19.9. The molecular formula is C20H27ClN4O2S. The van der Waals surface area contributed by atoms with Crippen LogP contribution in [0.25, 0.3) is 0 Å². The summed E-state index contributed by atoms with van der Waals surface area (Å²) < 4.78 is 5.97. The second-order valence-corrected chi connectivity index (χ2v) is 8.49. The molecule has 152 valence electrons. The third kappa shape index (κ3) is 5.53. The number of phenolic OH excluding ortho intramolecular Hbond substituents is 1. The van der Waals surface area contributed by atoms with Crippen LogP contribution in [-0.2, 0) is 13.0 Å². The van der Waals surface area contributed by atoms with Gasteiger partial charge >= 0.3 is 0 Å². The van der Waals surface area contributed by atoms with Gasteiger partial charge in [0.2, 0.25) is 0 Å². The molecule has 0 bridgehead atoms. The van der Waals surface area contributed by atoms with Crippen molar-refractivity contribution in [3.8, 4) is 11.5 Å². The Morgan fingerprint density at radius 3 is 2.64 bits per heavy atom. The lowest BCUT2D eigenvalue weighted by Crippen LogP contribution is -2.52. The molecule has 1 aliphatic heterocycles. The first-order valence-electron chi connectivity index (χ1n) is 9.37. The molecule has 1 aromatic carbocycles. The van der Waals surface area contributed by atoms with Crippen molar-refractivity contribution in [1.29, 1.82) is 0 Å². The zero-order valence-corrected chi connectivity index (χ0v) is 17.9. The summed E-state index contributed by atoms with van der Waals surface area (Å²) in [6.45, 7) is 5.53. The maximum Gasteiger partial charge on any atom is 0.193 e. The zero-order valence-electron chi connectivity index (χ0n) is 16.3. The summed E-state index contributed by atoms with van der Waals surface area (Å²) in [4.78, 5) is 10.5. The van der Waals surface area contributed by atoms with Crippen LogP contribution in [0, 0.1) is 0 Å². The molecule has 1 aromatic heterocycles. The second-order valence-electron chi connectivity index (χ2n) is 6.69. The van der Waals surface area contributed by atoms with Gasteiger partial charge in [-0.15, -0.1) is 11.3 Å². The molecule has 0 amide bonds. The van der Waals surface area contributed by atoms with Gasteiger partial charge < -0.3 is 20.1 Å². The first-order valence-corrected chi connectivity index (χ1v) is 10.6. The molecule has 2 heterocycles. The van der Waals surface area contributed by atoms with E-state index in [0.29, 0.717) is 18.7 Å². The summed E-state index contributed by atoms with van der Waals surface area (Å²) in [7, 11) is 3.41. The molecule has 3 rings (SSSR count). The van der Waals surface area contributed by atoms with E-state index in [0.717, 1.165) is 48.6 Å². The summed E-state index contributed by atoms with van der Waals surface area (Å²) in [6, 6.07) is 9.47. The molecule has 1 aliphatic rings. The average Bonchev–Trinajstić information content (AvgIpc) is 3.11. The molecule has 0 aliphatic carbocycles. The number of thiophene rings is 1. The third-order valence-corrected chi connectivity index (χ3v) is 6.08. The van der Waals surface area contributed by atoms with E-state index in [9.17, 15) is 5.11 Å². The Bertz CT molecular complexity index is 803. The van der Waals surface area contributed by atoms with E-state index in [2.05, 4.69) is 26.2 Å². The maximum atomic E-state index is 10.1. The van der Waals surface area contributed by atoms with Crippen LogP contribution in [0.2, 0.25) is 4.34 Å². The Kier molecular flexibility index (Phi) is 7.42. The molecule has 0 saturated carbocycles. The molecule has 1 fully saturated rings. The first-order chi connectivity index (χ1) is 13.6. The fraction of sp³-hybridized carbons (Fsp3) is 0.450. The van der Waals surface area contributed by atoms with Crippen molar-refractivity contribution in [2.75, 3.05) is 46.9 Å². The molecule has 28 heavy (non-hydrogen) atoms. The van der Waals surface area contributed by atoms with E-state index in [1.54, 1.807) is 24.5 Å². The number of aliphatic imine (C=N–C) groups is 1. The number of nitrogens with one attached hydrogen (secondary N) is 1. The Morgan fingerprint density at radius 2 is 2.04 bits per heavy atom. The highest BCUT2D eigenvalue weighted by Crippen LogP contribution is 2.24. The number of halogens is 1. The summed E-state index contributed by atoms with van der Waals surface area (Å²) in [5.74, 6) is 1.83. The summed E-state index contributed by atoms with van der Waals surface area (Å²) >= 11 is 7.68. The van der Waals surface area contributed by atoms with Crippen LogP contribution >= 0.6 is 22.9 Å². The van der Waals surface area contributed by atoms with E-state index in [1.807, 2.05) is 25.2 Å². The fourth-order valence-electron chi connectivity index (χ4n) is 3.30. The third-order valence-electron chi connectivity index (χ3n) is 4.86. The van der Waals surface area contributed by atoms with Gasteiger partial charge in [0.05, 0.1) is 11.4 Å². The number of nitrogens with zero attached hydrogens (tertiary/aromatic N) is 3. The number of piperazine rings is 1. The van der Waals surface area contributed by atoms with Crippen LogP contribution in [0.15, 0.2) is 35.3 Å². The Hall–Kier alpha value is -1.96. The van der Waals surface area contributed by atoms with Crippen LogP contribution in [-0.4, -0.2) is 67.7 Å². The number of guanidine groups is 1. The number of rotatable bonds is 6. The minimum absolute atomic E-state index is 0.262. The minimum atomic E-state index is 0.262. The number of aromatic hydroxyl groups is 1. The molecule has 8 heteroatoms. The molecule has 0 radical (unpaired) electrons. The quantitative estimate of drug-likeness (QED) is 0.553. The van der Waals surface area contributed by atoms with Crippen molar-refractivity contribution in [3.05, 3.63) is 45.1 Å². The highest BCUT2D eigenvalue weighted by molar-refractivity contribution is 7.16. The number of benzene rings is 1. The van der Waals surface area contributed by atoms with E-state index in [4.69, 9.17) is 16.3 Å². The Labute approximate surface area is 175 Å². The summed E-state index contributed by atoms with van der Waals surface area (Å²) in [6.07, 6.45) is 0.716. The predicted octanol–water partition coefficient (Wildman–Crippen LogP) is 3.05. The van der Waals surface area contributed by atoms with Gasteiger partial charge in [0, 0.05) is 57.3 Å². The van der Waals surface area contributed by atoms with E-state index in [-0.39, 0.29) is 5.75 Å². The number of ether oxygens (including phenoxy) is 1. The minimum Gasteiger partial charge on any atom is -0.508 e. The molecule has 0 unspecified atom stereocenters. The van der Waals surface area contributed by atoms with Gasteiger partial charge in [-0.25, -0.2) is 0 Å². The standard InChI is InChI=1S/C20H27ClN4O2S/c1-22-20(23-8-7-15-3-4-16(27-2)13-18(15)26)25-11-9-24(10-12-25)14-17-5-6-19(21)28-17/h3-6,13,26H,7-12,14H2,1-2H3,(H,22,23). The van der Waals surface area contributed by atoms with Gasteiger partial charge in [0.1, 0.15) is 11.5 Å². The van der Waals surface area contributed by atoms with Crippen molar-refractivity contribution in [2.45, 2.75) is 13.0 Å². The summed E-state index contributed by atoms with van der Waals surface area (Å²) in [5, 5.41) is 13.5. The monoisotopic (exact) mass is 422 g/mol. The first kappa shape index (κ1) is 20.8. The van der Waals surface area contributed by atoms with Crippen molar-refractivity contribution in [2.24, 2.45) is 4.99 Å². The largest absolute Gasteiger partial charge is 0.508 e. The normalized spacial score (nSPS) is 15.7. The SMILES string of the molecule is CN=C(NCCc1ccc(OC)cc1O)N1CCN(Cc2ccc(Cl)s2)CC1. The van der Waals surface area contributed by atoms with Gasteiger partial charge in [0.25, 0.3) is 0 Å². The number of hydrogen-bond donors (Lipinski definition) is 2. The highest BCUT2D eigenvalue weighted by Gasteiger charge is 2.20. The number of hydrogen-bond acceptors (Lipinski definition) is 5. The highest BCUT2D eigenvalue weighted by atomic mass is 35.5. The molecule has 2 N–H and O–H groups in total. The smallest absolute Gasteiger partial charge is 0.193 e. The van der Waals surface area contributed by atoms with Gasteiger partial charge in [-0.3, -0.25) is 9.89 Å². The van der Waals surface area contributed by atoms with Gasteiger partial charge in [-0.2, -0.15) is 0 Å². The molecule has 6 nitrogen and oxygen atoms in total. The maximum absolute atomic E-state index is 10.1. The molecule has 1 saturated heterocycles. The van der Waals surface area contributed by atoms with Crippen molar-refractivity contribution < 1.29 is 9.84 Å². The fourth-order valence-corrected chi connectivity index (χ4v) is 4.43. The Morgan fingerprint density at radius 1 is 1.25 bits per heavy atom. The van der Waals surface area contributed by atoms with E-state index in [1.165, 1.54) is 4.88 Å². The van der Waals surface area contributed by atoms with Crippen molar-refractivity contribution in [1.82, 2.24) is 15.1 Å². The van der Waals surface area contributed by atoms with Gasteiger partial charge in [-0.1, -0.05) is 17.7 Å². The van der Waals surface area contributed by atoms with Crippen molar-refractivity contribution in [3.63, 3.8) is 0 Å². The Balaban J connectivity index is 1.44. The van der Waals surface area contributed by atoms with Gasteiger partial charge in [-0.05, 0) is 30.2 Å². The van der Waals surface area contributed by atoms with E-state index < -0.39 is 0 Å². The van der Waals surface area contributed by atoms with Gasteiger partial charge in [0.15, 0.2) is 5.96 Å². The topological polar surface area (TPSA) is 60.3 Å². The number of methoxy groups -OCH3 is 1. The van der Waals surface area contributed by atoms with Crippen molar-refractivity contribution >= 4 is 28.9 Å². The second kappa shape index (κ2) is 10.0. The van der Waals surface area contributed by atoms with Crippen LogP contribution in [0.4, 0.5) is 0 Å². The average molecular weight is 423 g/mol. The molecular weight excluding hydrogens is 396 g/mol. The van der Waals surface area contributed by atoms with Crippen LogP contribution < -0.4 is 10.1 Å². The van der Waals surface area contributed by atoms with Crippen LogP contribution in [0.5, 0.6) is 11.5 Å². The number of phenols is 1. The van der Waals surface area contributed by atoms with Crippen LogP contribution in [0.1, 0.15) is 10.4 Å². The summed E-state index contributed by atoms with van der Waals surface area (Å²) in [5.41, 5.74) is 0.892. The predicted molar refractivity (Wildman–Crippen MR) is 116 cm³/mol. The van der Waals surface area contributed by atoms with E-state index >= 15 is 0 Å². The lowest BCUT2D eigenvalue weighted by atomic mass is 10.1. The van der Waals surface area contributed by atoms with Crippen LogP contribution in [0.3, 0.4) is 0 Å². The lowest BCUT2D eigenvalue weighted by molar-refractivity contribution is 0.174. The lowest BCUT2D eigenvalue weighted by Gasteiger charge is -2.36. The molecule has 0 atom stereocenters. The molecule has 0 spiro atoms.